The molecule has 0 spiro atoms. The summed E-state index contributed by atoms with van der Waals surface area (Å²) in [5.41, 5.74) is 1.99. The zero-order chi connectivity index (χ0) is 19.7. The molecule has 0 radical (unpaired) electrons. The highest BCUT2D eigenvalue weighted by molar-refractivity contribution is 6.04. The molecule has 4 rings (SSSR count). The fourth-order valence-electron chi connectivity index (χ4n) is 3.29. The number of anilines is 1. The van der Waals surface area contributed by atoms with E-state index in [1.807, 2.05) is 6.07 Å². The Hall–Kier alpha value is -3.22. The molecule has 146 valence electrons. The number of nitrogens with zero attached hydrogens (tertiary/aromatic N) is 1. The average molecular weight is 382 g/mol. The van der Waals surface area contributed by atoms with Crippen LogP contribution in [-0.2, 0) is 11.3 Å². The molecule has 7 heteroatoms. The first-order valence-electron chi connectivity index (χ1n) is 9.24. The van der Waals surface area contributed by atoms with Crippen LogP contribution in [-0.4, -0.2) is 36.7 Å². The van der Waals surface area contributed by atoms with Crippen LogP contribution in [0.1, 0.15) is 29.8 Å². The molecule has 0 bridgehead atoms. The fraction of sp³-hybridized carbons (Fsp3) is 0.333. The molecule has 7 nitrogen and oxygen atoms in total. The Bertz CT molecular complexity index is 925. The van der Waals surface area contributed by atoms with E-state index in [2.05, 4.69) is 19.2 Å². The molecule has 0 aliphatic carbocycles. The summed E-state index contributed by atoms with van der Waals surface area (Å²) < 4.78 is 16.2. The van der Waals surface area contributed by atoms with E-state index in [9.17, 15) is 9.59 Å². The molecular weight excluding hydrogens is 360 g/mol. The molecule has 0 atom stereocenters. The maximum atomic E-state index is 12.6. The van der Waals surface area contributed by atoms with Gasteiger partial charge in [-0.1, -0.05) is 13.8 Å². The van der Waals surface area contributed by atoms with Gasteiger partial charge in [0, 0.05) is 29.9 Å². The number of hydrogen-bond donors (Lipinski definition) is 1. The second-order valence-corrected chi connectivity index (χ2v) is 7.30. The molecule has 2 aliphatic heterocycles. The van der Waals surface area contributed by atoms with E-state index in [0.717, 1.165) is 5.56 Å². The molecule has 2 heterocycles. The molecule has 0 saturated heterocycles. The third-order valence-electron chi connectivity index (χ3n) is 4.60. The number of benzene rings is 2. The van der Waals surface area contributed by atoms with Crippen LogP contribution >= 0.6 is 0 Å². The van der Waals surface area contributed by atoms with Crippen molar-refractivity contribution in [3.8, 4) is 17.2 Å². The SMILES string of the molecule is CC(C)CN1Cc2cc(NC(=O)c3ccc4c(c3)OCO4)ccc2OCC1=O. The first-order valence-corrected chi connectivity index (χ1v) is 9.24. The summed E-state index contributed by atoms with van der Waals surface area (Å²) in [5, 5.41) is 2.89. The lowest BCUT2D eigenvalue weighted by atomic mass is 10.1. The molecule has 0 fully saturated rings. The largest absolute Gasteiger partial charge is 0.483 e. The van der Waals surface area contributed by atoms with E-state index in [1.165, 1.54) is 0 Å². The Morgan fingerprint density at radius 1 is 1.07 bits per heavy atom. The molecule has 28 heavy (non-hydrogen) atoms. The topological polar surface area (TPSA) is 77.1 Å². The Morgan fingerprint density at radius 2 is 1.86 bits per heavy atom. The Labute approximate surface area is 163 Å². The summed E-state index contributed by atoms with van der Waals surface area (Å²) in [5.74, 6) is 1.94. The van der Waals surface area contributed by atoms with Gasteiger partial charge in [0.15, 0.2) is 18.1 Å². The zero-order valence-corrected chi connectivity index (χ0v) is 15.9. The Balaban J connectivity index is 1.52. The van der Waals surface area contributed by atoms with Gasteiger partial charge >= 0.3 is 0 Å². The van der Waals surface area contributed by atoms with E-state index in [0.29, 0.717) is 47.5 Å². The smallest absolute Gasteiger partial charge is 0.260 e. The van der Waals surface area contributed by atoms with Gasteiger partial charge in [-0.15, -0.1) is 0 Å². The lowest BCUT2D eigenvalue weighted by Crippen LogP contribution is -2.35. The molecular formula is C21H22N2O5. The van der Waals surface area contributed by atoms with Crippen molar-refractivity contribution in [2.75, 3.05) is 25.3 Å². The van der Waals surface area contributed by atoms with Gasteiger partial charge in [-0.25, -0.2) is 0 Å². The molecule has 2 aromatic rings. The van der Waals surface area contributed by atoms with Gasteiger partial charge in [0.1, 0.15) is 5.75 Å². The van der Waals surface area contributed by atoms with Crippen LogP contribution < -0.4 is 19.5 Å². The first kappa shape index (κ1) is 18.2. The van der Waals surface area contributed by atoms with Crippen LogP contribution in [0.5, 0.6) is 17.2 Å². The van der Waals surface area contributed by atoms with Gasteiger partial charge in [0.05, 0.1) is 0 Å². The highest BCUT2D eigenvalue weighted by atomic mass is 16.7. The van der Waals surface area contributed by atoms with Crippen molar-refractivity contribution in [1.82, 2.24) is 4.90 Å². The Morgan fingerprint density at radius 3 is 2.68 bits per heavy atom. The van der Waals surface area contributed by atoms with Gasteiger partial charge in [-0.2, -0.15) is 0 Å². The summed E-state index contributed by atoms with van der Waals surface area (Å²) in [7, 11) is 0. The van der Waals surface area contributed by atoms with E-state index < -0.39 is 0 Å². The molecule has 2 amide bonds. The molecule has 2 aromatic carbocycles. The molecule has 0 saturated carbocycles. The monoisotopic (exact) mass is 382 g/mol. The number of fused-ring (bicyclic) bond motifs is 2. The summed E-state index contributed by atoms with van der Waals surface area (Å²) in [4.78, 5) is 26.7. The minimum absolute atomic E-state index is 0.0304. The van der Waals surface area contributed by atoms with Crippen molar-refractivity contribution in [2.45, 2.75) is 20.4 Å². The minimum Gasteiger partial charge on any atom is -0.483 e. The van der Waals surface area contributed by atoms with Crippen LogP contribution in [0.2, 0.25) is 0 Å². The van der Waals surface area contributed by atoms with E-state index in [4.69, 9.17) is 14.2 Å². The average Bonchev–Trinajstić information content (AvgIpc) is 3.08. The van der Waals surface area contributed by atoms with Crippen LogP contribution in [0.3, 0.4) is 0 Å². The number of amides is 2. The maximum absolute atomic E-state index is 12.6. The standard InChI is InChI=1S/C21H22N2O5/c1-13(2)9-23-10-15-7-16(4-6-17(15)26-11-20(23)24)22-21(25)14-3-5-18-19(8-14)28-12-27-18/h3-8,13H,9-12H2,1-2H3,(H,22,25). The second kappa shape index (κ2) is 7.42. The van der Waals surface area contributed by atoms with E-state index in [1.54, 1.807) is 35.2 Å². The number of carbonyl (C=O) groups is 2. The number of hydrogen-bond acceptors (Lipinski definition) is 5. The van der Waals surface area contributed by atoms with Gasteiger partial charge in [-0.05, 0) is 42.3 Å². The van der Waals surface area contributed by atoms with E-state index >= 15 is 0 Å². The number of carbonyl (C=O) groups excluding carboxylic acids is 2. The third-order valence-corrected chi connectivity index (χ3v) is 4.60. The highest BCUT2D eigenvalue weighted by Gasteiger charge is 2.23. The fourth-order valence-corrected chi connectivity index (χ4v) is 3.29. The summed E-state index contributed by atoms with van der Waals surface area (Å²) in [6.45, 7) is 5.46. The van der Waals surface area contributed by atoms with Gasteiger partial charge < -0.3 is 24.4 Å². The summed E-state index contributed by atoms with van der Waals surface area (Å²) in [6.07, 6.45) is 0. The first-order chi connectivity index (χ1) is 13.5. The van der Waals surface area contributed by atoms with Crippen LogP contribution in [0.15, 0.2) is 36.4 Å². The zero-order valence-electron chi connectivity index (χ0n) is 15.9. The molecule has 0 aromatic heterocycles. The van der Waals surface area contributed by atoms with Gasteiger partial charge in [0.25, 0.3) is 11.8 Å². The predicted molar refractivity (Wildman–Crippen MR) is 103 cm³/mol. The van der Waals surface area contributed by atoms with Crippen molar-refractivity contribution in [2.24, 2.45) is 5.92 Å². The van der Waals surface area contributed by atoms with Crippen molar-refractivity contribution in [1.29, 1.82) is 0 Å². The molecule has 1 N–H and O–H groups in total. The lowest BCUT2D eigenvalue weighted by molar-refractivity contribution is -0.133. The van der Waals surface area contributed by atoms with Crippen molar-refractivity contribution in [3.63, 3.8) is 0 Å². The van der Waals surface area contributed by atoms with Gasteiger partial charge in [0.2, 0.25) is 6.79 Å². The van der Waals surface area contributed by atoms with Crippen molar-refractivity contribution in [3.05, 3.63) is 47.5 Å². The van der Waals surface area contributed by atoms with Crippen molar-refractivity contribution >= 4 is 17.5 Å². The van der Waals surface area contributed by atoms with Crippen LogP contribution in [0.4, 0.5) is 5.69 Å². The highest BCUT2D eigenvalue weighted by Crippen LogP contribution is 2.33. The second-order valence-electron chi connectivity index (χ2n) is 7.30. The number of nitrogens with one attached hydrogen (secondary N) is 1. The normalized spacial score (nSPS) is 15.1. The summed E-state index contributed by atoms with van der Waals surface area (Å²) >= 11 is 0. The summed E-state index contributed by atoms with van der Waals surface area (Å²) in [6, 6.07) is 10.5. The molecule has 0 unspecified atom stereocenters. The minimum atomic E-state index is -0.247. The quantitative estimate of drug-likeness (QED) is 0.880. The van der Waals surface area contributed by atoms with Crippen molar-refractivity contribution < 1.29 is 23.8 Å². The van der Waals surface area contributed by atoms with E-state index in [-0.39, 0.29) is 25.2 Å². The van der Waals surface area contributed by atoms with Crippen LogP contribution in [0.25, 0.3) is 0 Å². The lowest BCUT2D eigenvalue weighted by Gasteiger charge is -2.22. The van der Waals surface area contributed by atoms with Gasteiger partial charge in [-0.3, -0.25) is 9.59 Å². The molecule has 2 aliphatic rings. The Kier molecular flexibility index (Phi) is 4.81. The maximum Gasteiger partial charge on any atom is 0.260 e. The predicted octanol–water partition coefficient (Wildman–Crippen LogP) is 3.04. The number of rotatable bonds is 4. The number of ether oxygens (including phenoxy) is 3. The van der Waals surface area contributed by atoms with Crippen LogP contribution in [0, 0.1) is 5.92 Å². The third kappa shape index (κ3) is 3.74.